The Morgan fingerprint density at radius 2 is 0.837 bits per heavy atom. The lowest BCUT2D eigenvalue weighted by molar-refractivity contribution is 1.10. The van der Waals surface area contributed by atoms with Crippen LogP contribution in [0.15, 0.2) is 182 Å². The van der Waals surface area contributed by atoms with Crippen molar-refractivity contribution in [2.45, 2.75) is 0 Å². The third kappa shape index (κ3) is 4.38. The van der Waals surface area contributed by atoms with E-state index in [1.165, 1.54) is 59.8 Å². The van der Waals surface area contributed by atoms with Gasteiger partial charge in [-0.1, -0.05) is 152 Å². The van der Waals surface area contributed by atoms with Crippen LogP contribution in [0.25, 0.3) is 93.5 Å². The minimum Gasteiger partial charge on any atom is -0.292 e. The highest BCUT2D eigenvalue weighted by Crippen LogP contribution is 2.45. The van der Waals surface area contributed by atoms with Crippen molar-refractivity contribution in [1.29, 1.82) is 0 Å². The topological polar surface area (TPSA) is 17.8 Å². The van der Waals surface area contributed by atoms with E-state index >= 15 is 0 Å². The summed E-state index contributed by atoms with van der Waals surface area (Å²) in [6, 6.07) is 65.7. The van der Waals surface area contributed by atoms with Crippen LogP contribution in [0, 0.1) is 0 Å². The van der Waals surface area contributed by atoms with Gasteiger partial charge in [-0.2, -0.15) is 0 Å². The summed E-state index contributed by atoms with van der Waals surface area (Å²) in [7, 11) is 0. The molecule has 0 aliphatic carbocycles. The van der Waals surface area contributed by atoms with Gasteiger partial charge in [-0.15, -0.1) is 0 Å². The summed E-state index contributed by atoms with van der Waals surface area (Å²) < 4.78 is 2.27. The monoisotopic (exact) mass is 622 g/mol. The average Bonchev–Trinajstić information content (AvgIpc) is 3.56. The number of para-hydroxylation sites is 1. The van der Waals surface area contributed by atoms with Crippen molar-refractivity contribution in [1.82, 2.24) is 9.55 Å². The molecule has 0 atom stereocenters. The van der Waals surface area contributed by atoms with E-state index < -0.39 is 0 Å². The normalized spacial score (nSPS) is 11.7. The summed E-state index contributed by atoms with van der Waals surface area (Å²) in [5.41, 5.74) is 9.14. The molecule has 10 rings (SSSR count). The number of imidazole rings is 1. The predicted octanol–water partition coefficient (Wildman–Crippen LogP) is 12.6. The van der Waals surface area contributed by atoms with E-state index in [2.05, 4.69) is 187 Å². The fourth-order valence-electron chi connectivity index (χ4n) is 7.76. The van der Waals surface area contributed by atoms with Gasteiger partial charge in [0, 0.05) is 11.3 Å². The lowest BCUT2D eigenvalue weighted by Crippen LogP contribution is -1.97. The van der Waals surface area contributed by atoms with Gasteiger partial charge in [-0.25, -0.2) is 4.98 Å². The predicted molar refractivity (Wildman–Crippen MR) is 207 cm³/mol. The van der Waals surface area contributed by atoms with Crippen molar-refractivity contribution in [3.63, 3.8) is 0 Å². The molecular formula is C47H30N2. The van der Waals surface area contributed by atoms with Crippen LogP contribution < -0.4 is 0 Å². The number of aromatic nitrogens is 2. The maximum atomic E-state index is 5.29. The lowest BCUT2D eigenvalue weighted by Gasteiger charge is -2.18. The molecular weight excluding hydrogens is 593 g/mol. The highest BCUT2D eigenvalue weighted by Gasteiger charge is 2.19. The molecule has 2 heteroatoms. The molecule has 0 fully saturated rings. The first-order chi connectivity index (χ1) is 24.3. The standard InChI is InChI=1S/C47H30N2/c1-3-14-33(15-4-1)47-48-43-30-35(27-28-44(43)49(47)36-16-5-2-6-17-36)46-40-21-11-9-19-38(40)45(39-20-10-12-22-41(39)46)34-26-25-32-24-23-31-13-7-8-18-37(31)42(32)29-34/h1-30H. The fourth-order valence-corrected chi connectivity index (χ4v) is 7.76. The molecule has 1 heterocycles. The molecule has 0 unspecified atom stereocenters. The van der Waals surface area contributed by atoms with Crippen molar-refractivity contribution in [3.8, 4) is 39.3 Å². The van der Waals surface area contributed by atoms with Gasteiger partial charge in [0.05, 0.1) is 11.0 Å². The number of fused-ring (bicyclic) bond motifs is 6. The van der Waals surface area contributed by atoms with E-state index in [4.69, 9.17) is 4.98 Å². The molecule has 0 N–H and O–H groups in total. The third-order valence-corrected chi connectivity index (χ3v) is 9.96. The second-order valence-electron chi connectivity index (χ2n) is 12.7. The van der Waals surface area contributed by atoms with E-state index in [-0.39, 0.29) is 0 Å². The molecule has 49 heavy (non-hydrogen) atoms. The Bertz CT molecular complexity index is 2810. The largest absolute Gasteiger partial charge is 0.292 e. The molecule has 0 amide bonds. The minimum absolute atomic E-state index is 0.938. The van der Waals surface area contributed by atoms with Gasteiger partial charge in [0.25, 0.3) is 0 Å². The Morgan fingerprint density at radius 3 is 1.49 bits per heavy atom. The van der Waals surface area contributed by atoms with Crippen molar-refractivity contribution >= 4 is 54.1 Å². The van der Waals surface area contributed by atoms with Gasteiger partial charge in [0.1, 0.15) is 5.82 Å². The van der Waals surface area contributed by atoms with Crippen molar-refractivity contribution in [3.05, 3.63) is 182 Å². The van der Waals surface area contributed by atoms with Gasteiger partial charge in [0.15, 0.2) is 0 Å². The highest BCUT2D eigenvalue weighted by atomic mass is 15.1. The molecule has 0 radical (unpaired) electrons. The summed E-state index contributed by atoms with van der Waals surface area (Å²) in [6.45, 7) is 0. The van der Waals surface area contributed by atoms with Gasteiger partial charge in [-0.05, 0) is 95.7 Å². The maximum absolute atomic E-state index is 5.29. The van der Waals surface area contributed by atoms with Crippen LogP contribution in [-0.4, -0.2) is 9.55 Å². The Balaban J connectivity index is 1.24. The lowest BCUT2D eigenvalue weighted by atomic mass is 9.85. The molecule has 0 saturated carbocycles. The van der Waals surface area contributed by atoms with Crippen LogP contribution in [0.3, 0.4) is 0 Å². The molecule has 9 aromatic carbocycles. The number of nitrogens with zero attached hydrogens (tertiary/aromatic N) is 2. The minimum atomic E-state index is 0.938. The van der Waals surface area contributed by atoms with Gasteiger partial charge in [-0.3, -0.25) is 4.57 Å². The third-order valence-electron chi connectivity index (χ3n) is 9.96. The second kappa shape index (κ2) is 11.0. The van der Waals surface area contributed by atoms with Crippen molar-refractivity contribution in [2.24, 2.45) is 0 Å². The number of hydrogen-bond acceptors (Lipinski definition) is 1. The van der Waals surface area contributed by atoms with Crippen LogP contribution in [0.2, 0.25) is 0 Å². The zero-order valence-corrected chi connectivity index (χ0v) is 26.7. The Labute approximate surface area is 284 Å². The summed E-state index contributed by atoms with van der Waals surface area (Å²) >= 11 is 0. The first-order valence-corrected chi connectivity index (χ1v) is 16.8. The smallest absolute Gasteiger partial charge is 0.145 e. The Kier molecular flexibility index (Phi) is 6.22. The molecule has 0 spiro atoms. The van der Waals surface area contributed by atoms with Gasteiger partial charge >= 0.3 is 0 Å². The molecule has 2 nitrogen and oxygen atoms in total. The molecule has 10 aromatic rings. The van der Waals surface area contributed by atoms with E-state index in [1.807, 2.05) is 0 Å². The van der Waals surface area contributed by atoms with Crippen LogP contribution >= 0.6 is 0 Å². The quantitative estimate of drug-likeness (QED) is 0.141. The van der Waals surface area contributed by atoms with Crippen LogP contribution in [0.1, 0.15) is 0 Å². The molecule has 228 valence electrons. The maximum Gasteiger partial charge on any atom is 0.145 e. The Hall–Kier alpha value is -6.51. The van der Waals surface area contributed by atoms with E-state index in [0.29, 0.717) is 0 Å². The molecule has 1 aromatic heterocycles. The summed E-state index contributed by atoms with van der Waals surface area (Å²) in [4.78, 5) is 5.29. The van der Waals surface area contributed by atoms with Crippen LogP contribution in [-0.2, 0) is 0 Å². The SMILES string of the molecule is c1ccc(-c2nc3cc(-c4c5ccccc5c(-c5ccc6ccc7ccccc7c6c5)c5ccccc45)ccc3n2-c2ccccc2)cc1. The first-order valence-electron chi connectivity index (χ1n) is 16.8. The molecule has 0 aliphatic heterocycles. The number of hydrogen-bond donors (Lipinski definition) is 0. The molecule has 0 aliphatic rings. The number of benzene rings is 9. The fraction of sp³-hybridized carbons (Fsp3) is 0. The van der Waals surface area contributed by atoms with Crippen LogP contribution in [0.4, 0.5) is 0 Å². The average molecular weight is 623 g/mol. The van der Waals surface area contributed by atoms with Gasteiger partial charge < -0.3 is 0 Å². The van der Waals surface area contributed by atoms with Gasteiger partial charge in [0.2, 0.25) is 0 Å². The first kappa shape index (κ1) is 27.6. The van der Waals surface area contributed by atoms with E-state index in [1.54, 1.807) is 0 Å². The zero-order valence-electron chi connectivity index (χ0n) is 26.7. The Morgan fingerprint density at radius 1 is 0.347 bits per heavy atom. The van der Waals surface area contributed by atoms with E-state index in [9.17, 15) is 0 Å². The zero-order chi connectivity index (χ0) is 32.3. The van der Waals surface area contributed by atoms with Crippen molar-refractivity contribution in [2.75, 3.05) is 0 Å². The summed E-state index contributed by atoms with van der Waals surface area (Å²) in [6.07, 6.45) is 0. The summed E-state index contributed by atoms with van der Waals surface area (Å²) in [5.74, 6) is 0.938. The van der Waals surface area contributed by atoms with Crippen LogP contribution in [0.5, 0.6) is 0 Å². The summed E-state index contributed by atoms with van der Waals surface area (Å²) in [5, 5.41) is 10.0. The van der Waals surface area contributed by atoms with E-state index in [0.717, 1.165) is 33.7 Å². The highest BCUT2D eigenvalue weighted by molar-refractivity contribution is 6.22. The van der Waals surface area contributed by atoms with Crippen molar-refractivity contribution < 1.29 is 0 Å². The number of rotatable bonds is 4. The molecule has 0 saturated heterocycles. The molecule has 0 bridgehead atoms. The second-order valence-corrected chi connectivity index (χ2v) is 12.7.